The third-order valence-corrected chi connectivity index (χ3v) is 5.48. The van der Waals surface area contributed by atoms with Crippen LogP contribution < -0.4 is 22.1 Å². The zero-order valence-electron chi connectivity index (χ0n) is 27.2. The minimum atomic E-state index is -1.01. The maximum atomic E-state index is 12.5. The van der Waals surface area contributed by atoms with Gasteiger partial charge in [-0.3, -0.25) is 19.4 Å². The summed E-state index contributed by atoms with van der Waals surface area (Å²) in [6.45, 7) is 15.8. The number of allylic oxidation sites excluding steroid dienone is 8. The summed E-state index contributed by atoms with van der Waals surface area (Å²) in [4.78, 5) is 35.9. The Morgan fingerprint density at radius 3 is 2.49 bits per heavy atom. The van der Waals surface area contributed by atoms with E-state index >= 15 is 0 Å². The van der Waals surface area contributed by atoms with Crippen LogP contribution in [0.1, 0.15) is 67.7 Å². The molecule has 0 spiro atoms. The van der Waals surface area contributed by atoms with Crippen LogP contribution in [0.2, 0.25) is 0 Å². The molecule has 1 rings (SSSR count). The van der Waals surface area contributed by atoms with Crippen LogP contribution in [0.5, 0.6) is 0 Å². The van der Waals surface area contributed by atoms with Gasteiger partial charge < -0.3 is 31.6 Å². The van der Waals surface area contributed by atoms with E-state index in [0.29, 0.717) is 32.8 Å². The van der Waals surface area contributed by atoms with Crippen molar-refractivity contribution in [1.29, 1.82) is 0 Å². The molecule has 6 N–H and O–H groups in total. The number of carbonyl (C=O) groups is 3. The molecule has 0 fully saturated rings. The molecule has 0 aromatic carbocycles. The van der Waals surface area contributed by atoms with Crippen LogP contribution in [0.4, 0.5) is 0 Å². The summed E-state index contributed by atoms with van der Waals surface area (Å²) < 4.78 is 11.6. The van der Waals surface area contributed by atoms with Gasteiger partial charge in [-0.15, -0.1) is 0 Å². The number of ether oxygens (including phenoxy) is 2. The van der Waals surface area contributed by atoms with E-state index < -0.39 is 11.6 Å². The molecule has 3 amide bonds. The molecule has 0 heterocycles. The number of nitrogens with one attached hydrogen (secondary N) is 2. The van der Waals surface area contributed by atoms with Gasteiger partial charge >= 0.3 is 0 Å². The van der Waals surface area contributed by atoms with Gasteiger partial charge in [0.05, 0.1) is 31.4 Å². The van der Waals surface area contributed by atoms with Gasteiger partial charge in [-0.25, -0.2) is 0 Å². The molecule has 0 saturated heterocycles. The monoisotopic (exact) mass is 601 g/mol. The van der Waals surface area contributed by atoms with Crippen molar-refractivity contribution in [1.82, 2.24) is 10.6 Å². The van der Waals surface area contributed by atoms with Crippen molar-refractivity contribution >= 4 is 24.4 Å². The number of unbranched alkanes of at least 4 members (excludes halogenated alkanes) is 1. The van der Waals surface area contributed by atoms with Crippen molar-refractivity contribution < 1.29 is 23.9 Å². The SMILES string of the molecule is CC.CC(=N/C=C(C)/C=C\C=C(/C)COCCCCNC=O)C(COCC1=CC=CCC=C1)NC(=O)C(C)(C)N.NC=O. The standard InChI is InChI=1S/C30H46N4O4.C2H6.CH3NO/c1-24(13-12-14-25(2)20-37-18-11-10-17-32-23-35)19-33-26(3)28(34-29(36)30(4,5)31)22-38-21-27-15-8-6-7-9-16-27;1-2;2-1-3/h6,8-9,12-16,19,23,28H,7,10-11,17-18,20-22,31H2,1-5H3,(H,32,35)(H,34,36);1-2H3;1H,(H2,2,3)/b13-12-,24-19+,25-14+,33-26?;;. The predicted molar refractivity (Wildman–Crippen MR) is 177 cm³/mol. The van der Waals surface area contributed by atoms with E-state index in [2.05, 4.69) is 33.5 Å². The van der Waals surface area contributed by atoms with Gasteiger partial charge in [0.2, 0.25) is 18.7 Å². The second-order valence-electron chi connectivity index (χ2n) is 10.1. The highest BCUT2D eigenvalue weighted by Gasteiger charge is 2.25. The fourth-order valence-electron chi connectivity index (χ4n) is 3.10. The summed E-state index contributed by atoms with van der Waals surface area (Å²) in [6, 6.07) is -0.405. The number of rotatable bonds is 18. The molecule has 0 aliphatic heterocycles. The van der Waals surface area contributed by atoms with E-state index in [4.69, 9.17) is 20.0 Å². The molecular weight excluding hydrogens is 546 g/mol. The van der Waals surface area contributed by atoms with E-state index in [1.165, 1.54) is 0 Å². The molecule has 242 valence electrons. The van der Waals surface area contributed by atoms with Gasteiger partial charge in [-0.05, 0) is 70.6 Å². The van der Waals surface area contributed by atoms with Crippen LogP contribution in [0.3, 0.4) is 0 Å². The highest BCUT2D eigenvalue weighted by atomic mass is 16.5. The number of aliphatic imine (C=N–C) groups is 1. The van der Waals surface area contributed by atoms with Gasteiger partial charge in [0.1, 0.15) is 0 Å². The first-order chi connectivity index (χ1) is 20.5. The summed E-state index contributed by atoms with van der Waals surface area (Å²) in [5, 5.41) is 5.61. The Hall–Kier alpha value is -3.60. The molecule has 1 aliphatic rings. The Labute approximate surface area is 259 Å². The first-order valence-corrected chi connectivity index (χ1v) is 14.7. The number of amides is 3. The zero-order chi connectivity index (χ0) is 32.9. The lowest BCUT2D eigenvalue weighted by atomic mass is 10.1. The number of hydrogen-bond donors (Lipinski definition) is 4. The van der Waals surface area contributed by atoms with Crippen LogP contribution in [-0.2, 0) is 23.9 Å². The van der Waals surface area contributed by atoms with Crippen molar-refractivity contribution in [2.24, 2.45) is 16.5 Å². The third-order valence-electron chi connectivity index (χ3n) is 5.48. The summed E-state index contributed by atoms with van der Waals surface area (Å²) in [6.07, 6.45) is 21.7. The largest absolute Gasteiger partial charge is 0.377 e. The van der Waals surface area contributed by atoms with Crippen LogP contribution in [0.15, 0.2) is 76.5 Å². The first kappa shape index (κ1) is 41.5. The van der Waals surface area contributed by atoms with E-state index in [9.17, 15) is 9.59 Å². The zero-order valence-corrected chi connectivity index (χ0v) is 27.2. The average molecular weight is 602 g/mol. The maximum Gasteiger partial charge on any atom is 0.240 e. The molecule has 1 atom stereocenters. The predicted octanol–water partition coefficient (Wildman–Crippen LogP) is 4.21. The molecule has 1 unspecified atom stereocenters. The van der Waals surface area contributed by atoms with Crippen molar-refractivity contribution in [2.75, 3.05) is 33.0 Å². The molecule has 0 radical (unpaired) electrons. The highest BCUT2D eigenvalue weighted by molar-refractivity contribution is 5.94. The lowest BCUT2D eigenvalue weighted by molar-refractivity contribution is -0.125. The van der Waals surface area contributed by atoms with Gasteiger partial charge in [0.25, 0.3) is 0 Å². The Morgan fingerprint density at radius 1 is 1.14 bits per heavy atom. The molecule has 10 heteroatoms. The van der Waals surface area contributed by atoms with Crippen LogP contribution >= 0.6 is 0 Å². The van der Waals surface area contributed by atoms with Gasteiger partial charge in [0.15, 0.2) is 0 Å². The molecule has 10 nitrogen and oxygen atoms in total. The minimum Gasteiger partial charge on any atom is -0.377 e. The van der Waals surface area contributed by atoms with Gasteiger partial charge in [-0.2, -0.15) is 0 Å². The first-order valence-electron chi connectivity index (χ1n) is 14.7. The number of carbonyl (C=O) groups excluding carboxylic acids is 3. The Balaban J connectivity index is 0. The summed E-state index contributed by atoms with van der Waals surface area (Å²) in [5.74, 6) is -0.266. The quantitative estimate of drug-likeness (QED) is 0.0798. The van der Waals surface area contributed by atoms with Crippen molar-refractivity contribution in [3.05, 3.63) is 71.5 Å². The normalized spacial score (nSPS) is 14.4. The van der Waals surface area contributed by atoms with Gasteiger partial charge in [-0.1, -0.05) is 62.5 Å². The summed E-state index contributed by atoms with van der Waals surface area (Å²) in [7, 11) is 0. The fraction of sp³-hybridized carbons (Fsp3) is 0.515. The summed E-state index contributed by atoms with van der Waals surface area (Å²) >= 11 is 0. The average Bonchev–Trinajstić information content (AvgIpc) is 3.24. The topological polar surface area (TPSA) is 158 Å². The fourth-order valence-corrected chi connectivity index (χ4v) is 3.10. The second-order valence-corrected chi connectivity index (χ2v) is 10.1. The second kappa shape index (κ2) is 27.2. The van der Waals surface area contributed by atoms with Crippen molar-refractivity contribution in [2.45, 2.75) is 79.3 Å². The molecule has 0 aromatic heterocycles. The molecule has 0 bridgehead atoms. The minimum absolute atomic E-state index is 0.250. The Kier molecular flexibility index (Phi) is 26.3. The van der Waals surface area contributed by atoms with Crippen molar-refractivity contribution in [3.63, 3.8) is 0 Å². The van der Waals surface area contributed by atoms with Crippen LogP contribution in [0.25, 0.3) is 0 Å². The van der Waals surface area contributed by atoms with E-state index in [-0.39, 0.29) is 18.9 Å². The molecule has 0 aromatic rings. The highest BCUT2D eigenvalue weighted by Crippen LogP contribution is 2.07. The maximum absolute atomic E-state index is 12.5. The number of primary amides is 1. The molecular formula is C33H55N5O5. The molecule has 0 saturated carbocycles. The molecule has 43 heavy (non-hydrogen) atoms. The van der Waals surface area contributed by atoms with E-state index in [1.54, 1.807) is 20.0 Å². The Bertz CT molecular complexity index is 1000. The Morgan fingerprint density at radius 2 is 1.84 bits per heavy atom. The summed E-state index contributed by atoms with van der Waals surface area (Å²) in [5.41, 5.74) is 13.0. The lowest BCUT2D eigenvalue weighted by Crippen LogP contribution is -2.54. The van der Waals surface area contributed by atoms with E-state index in [0.717, 1.165) is 41.7 Å². The van der Waals surface area contributed by atoms with E-state index in [1.807, 2.05) is 71.1 Å². The third kappa shape index (κ3) is 24.7. The number of nitrogens with zero attached hydrogens (tertiary/aromatic N) is 1. The number of nitrogens with two attached hydrogens (primary N) is 2. The van der Waals surface area contributed by atoms with Gasteiger partial charge in [0, 0.05) is 25.1 Å². The molecule has 1 aliphatic carbocycles. The van der Waals surface area contributed by atoms with Crippen molar-refractivity contribution in [3.8, 4) is 0 Å². The van der Waals surface area contributed by atoms with Crippen LogP contribution in [-0.4, -0.2) is 69.0 Å². The smallest absolute Gasteiger partial charge is 0.240 e. The lowest BCUT2D eigenvalue weighted by Gasteiger charge is -2.24. The number of hydrogen-bond acceptors (Lipinski definition) is 7. The van der Waals surface area contributed by atoms with Crippen LogP contribution in [0, 0.1) is 0 Å².